The van der Waals surface area contributed by atoms with Crippen LogP contribution >= 0.6 is 15.9 Å². The molecule has 0 saturated heterocycles. The van der Waals surface area contributed by atoms with Crippen molar-refractivity contribution >= 4 is 21.7 Å². The van der Waals surface area contributed by atoms with E-state index in [-0.39, 0.29) is 15.8 Å². The third-order valence-electron chi connectivity index (χ3n) is 3.56. The molecule has 1 saturated carbocycles. The Balaban J connectivity index is 2.01. The van der Waals surface area contributed by atoms with Crippen molar-refractivity contribution in [1.29, 1.82) is 0 Å². The number of Topliss-reactive ketones (excluding diaryl/α,β-unsaturated/α-hetero) is 1. The molecular formula is C14H15BrF2O. The van der Waals surface area contributed by atoms with Gasteiger partial charge < -0.3 is 0 Å². The van der Waals surface area contributed by atoms with Gasteiger partial charge in [-0.1, -0.05) is 25.7 Å². The minimum Gasteiger partial charge on any atom is -0.294 e. The van der Waals surface area contributed by atoms with E-state index in [4.69, 9.17) is 0 Å². The highest BCUT2D eigenvalue weighted by Gasteiger charge is 2.19. The molecule has 0 aliphatic heterocycles. The Bertz CT molecular complexity index is 453. The molecule has 1 aromatic carbocycles. The number of carbonyl (C=O) groups excluding carboxylic acids is 1. The van der Waals surface area contributed by atoms with Crippen LogP contribution in [0.25, 0.3) is 0 Å². The molecule has 0 amide bonds. The highest BCUT2D eigenvalue weighted by atomic mass is 79.9. The summed E-state index contributed by atoms with van der Waals surface area (Å²) in [5, 5.41) is 0. The number of carbonyl (C=O) groups is 1. The van der Waals surface area contributed by atoms with Crippen LogP contribution in [0.4, 0.5) is 8.78 Å². The van der Waals surface area contributed by atoms with Gasteiger partial charge in [0.05, 0.1) is 10.0 Å². The smallest absolute Gasteiger partial charge is 0.165 e. The van der Waals surface area contributed by atoms with Gasteiger partial charge in [-0.15, -0.1) is 0 Å². The molecule has 0 radical (unpaired) electrons. The molecule has 0 bridgehead atoms. The maximum Gasteiger partial charge on any atom is 0.165 e. The van der Waals surface area contributed by atoms with Gasteiger partial charge in [0.1, 0.15) is 11.6 Å². The SMILES string of the molecule is O=C(CCC1CCCC1)c1cc(F)c(Br)cc1F. The molecule has 4 heteroatoms. The maximum atomic E-state index is 13.6. The zero-order valence-electron chi connectivity index (χ0n) is 10.0. The average Bonchev–Trinajstić information content (AvgIpc) is 2.84. The van der Waals surface area contributed by atoms with Crippen molar-refractivity contribution < 1.29 is 13.6 Å². The van der Waals surface area contributed by atoms with E-state index in [2.05, 4.69) is 15.9 Å². The number of rotatable bonds is 4. The first kappa shape index (κ1) is 13.7. The van der Waals surface area contributed by atoms with Crippen molar-refractivity contribution in [3.8, 4) is 0 Å². The highest BCUT2D eigenvalue weighted by Crippen LogP contribution is 2.29. The van der Waals surface area contributed by atoms with Crippen LogP contribution in [0, 0.1) is 17.6 Å². The summed E-state index contributed by atoms with van der Waals surface area (Å²) in [6.07, 6.45) is 5.85. The van der Waals surface area contributed by atoms with E-state index in [1.165, 1.54) is 12.8 Å². The quantitative estimate of drug-likeness (QED) is 0.571. The van der Waals surface area contributed by atoms with Crippen molar-refractivity contribution in [1.82, 2.24) is 0 Å². The number of benzene rings is 1. The summed E-state index contributed by atoms with van der Waals surface area (Å²) in [5.41, 5.74) is -0.131. The van der Waals surface area contributed by atoms with Crippen LogP contribution in [0.2, 0.25) is 0 Å². The molecule has 1 aliphatic carbocycles. The highest BCUT2D eigenvalue weighted by molar-refractivity contribution is 9.10. The predicted octanol–water partition coefficient (Wildman–Crippen LogP) is 4.88. The monoisotopic (exact) mass is 316 g/mol. The second-order valence-corrected chi connectivity index (χ2v) is 5.71. The Morgan fingerprint density at radius 3 is 2.56 bits per heavy atom. The van der Waals surface area contributed by atoms with Gasteiger partial charge in [0.25, 0.3) is 0 Å². The van der Waals surface area contributed by atoms with Crippen LogP contribution < -0.4 is 0 Å². The largest absolute Gasteiger partial charge is 0.294 e. The Morgan fingerprint density at radius 1 is 1.22 bits per heavy atom. The lowest BCUT2D eigenvalue weighted by Crippen LogP contribution is -2.06. The third kappa shape index (κ3) is 3.16. The van der Waals surface area contributed by atoms with Crippen LogP contribution in [-0.4, -0.2) is 5.78 Å². The van der Waals surface area contributed by atoms with Crippen molar-refractivity contribution in [3.05, 3.63) is 33.8 Å². The van der Waals surface area contributed by atoms with Gasteiger partial charge in [0, 0.05) is 6.42 Å². The third-order valence-corrected chi connectivity index (χ3v) is 4.17. The van der Waals surface area contributed by atoms with Crippen LogP contribution in [0.5, 0.6) is 0 Å². The summed E-state index contributed by atoms with van der Waals surface area (Å²) in [4.78, 5) is 11.9. The van der Waals surface area contributed by atoms with Crippen LogP contribution in [0.1, 0.15) is 48.9 Å². The second-order valence-electron chi connectivity index (χ2n) is 4.86. The van der Waals surface area contributed by atoms with Gasteiger partial charge in [0.2, 0.25) is 0 Å². The van der Waals surface area contributed by atoms with Crippen molar-refractivity contribution in [2.75, 3.05) is 0 Å². The minimum atomic E-state index is -0.653. The van der Waals surface area contributed by atoms with Crippen molar-refractivity contribution in [3.63, 3.8) is 0 Å². The molecular weight excluding hydrogens is 302 g/mol. The lowest BCUT2D eigenvalue weighted by Gasteiger charge is -2.08. The topological polar surface area (TPSA) is 17.1 Å². The fourth-order valence-corrected chi connectivity index (χ4v) is 2.82. The standard InChI is InChI=1S/C14H15BrF2O/c15-11-8-12(16)10(7-13(11)17)14(18)6-5-9-3-1-2-4-9/h7-9H,1-6H2. The van der Waals surface area contributed by atoms with Gasteiger partial charge >= 0.3 is 0 Å². The average molecular weight is 317 g/mol. The molecule has 0 heterocycles. The molecule has 0 atom stereocenters. The first-order valence-electron chi connectivity index (χ1n) is 6.25. The van der Waals surface area contributed by atoms with Crippen LogP contribution in [0.15, 0.2) is 16.6 Å². The van der Waals surface area contributed by atoms with E-state index >= 15 is 0 Å². The van der Waals surface area contributed by atoms with Crippen LogP contribution in [-0.2, 0) is 0 Å². The molecule has 1 fully saturated rings. The van der Waals surface area contributed by atoms with E-state index in [1.54, 1.807) is 0 Å². The lowest BCUT2D eigenvalue weighted by atomic mass is 9.97. The summed E-state index contributed by atoms with van der Waals surface area (Å²) < 4.78 is 26.9. The zero-order valence-corrected chi connectivity index (χ0v) is 11.6. The Hall–Kier alpha value is -0.770. The lowest BCUT2D eigenvalue weighted by molar-refractivity contribution is 0.0969. The Labute approximate surface area is 114 Å². The van der Waals surface area contributed by atoms with E-state index < -0.39 is 11.6 Å². The maximum absolute atomic E-state index is 13.6. The van der Waals surface area contributed by atoms with Gasteiger partial charge in [-0.3, -0.25) is 4.79 Å². The molecule has 0 N–H and O–H groups in total. The van der Waals surface area contributed by atoms with Gasteiger partial charge in [-0.2, -0.15) is 0 Å². The summed E-state index contributed by atoms with van der Waals surface area (Å²) in [6.45, 7) is 0. The first-order valence-corrected chi connectivity index (χ1v) is 7.05. The molecule has 18 heavy (non-hydrogen) atoms. The molecule has 0 spiro atoms. The first-order chi connectivity index (χ1) is 8.58. The molecule has 0 aromatic heterocycles. The fraction of sp³-hybridized carbons (Fsp3) is 0.500. The summed E-state index contributed by atoms with van der Waals surface area (Å²) in [5.74, 6) is -0.969. The van der Waals surface area contributed by atoms with E-state index in [1.807, 2.05) is 0 Å². The van der Waals surface area contributed by atoms with E-state index in [0.717, 1.165) is 31.4 Å². The molecule has 0 unspecified atom stereocenters. The minimum absolute atomic E-state index is 0.0485. The van der Waals surface area contributed by atoms with Gasteiger partial charge in [0.15, 0.2) is 5.78 Å². The van der Waals surface area contributed by atoms with Crippen molar-refractivity contribution in [2.24, 2.45) is 5.92 Å². The molecule has 2 rings (SSSR count). The number of ketones is 1. The number of hydrogen-bond acceptors (Lipinski definition) is 1. The second kappa shape index (κ2) is 5.91. The summed E-state index contributed by atoms with van der Waals surface area (Å²) in [6, 6.07) is 1.99. The molecule has 1 aromatic rings. The normalized spacial score (nSPS) is 16.2. The Kier molecular flexibility index (Phi) is 4.49. The summed E-state index contributed by atoms with van der Waals surface area (Å²) in [7, 11) is 0. The van der Waals surface area contributed by atoms with Gasteiger partial charge in [-0.25, -0.2) is 8.78 Å². The number of halogens is 3. The fourth-order valence-electron chi connectivity index (χ4n) is 2.51. The summed E-state index contributed by atoms with van der Waals surface area (Å²) >= 11 is 2.90. The predicted molar refractivity (Wildman–Crippen MR) is 69.6 cm³/mol. The van der Waals surface area contributed by atoms with E-state index in [9.17, 15) is 13.6 Å². The van der Waals surface area contributed by atoms with Gasteiger partial charge in [-0.05, 0) is 40.4 Å². The number of hydrogen-bond donors (Lipinski definition) is 0. The zero-order chi connectivity index (χ0) is 13.1. The Morgan fingerprint density at radius 2 is 1.89 bits per heavy atom. The van der Waals surface area contributed by atoms with Crippen LogP contribution in [0.3, 0.4) is 0 Å². The molecule has 98 valence electrons. The van der Waals surface area contributed by atoms with Crippen molar-refractivity contribution in [2.45, 2.75) is 38.5 Å². The molecule has 1 aliphatic rings. The van der Waals surface area contributed by atoms with E-state index in [0.29, 0.717) is 12.3 Å². The molecule has 1 nitrogen and oxygen atoms in total.